The third-order valence-electron chi connectivity index (χ3n) is 10.8. The van der Waals surface area contributed by atoms with Crippen molar-refractivity contribution in [2.45, 2.75) is 89.0 Å². The smallest absolute Gasteiger partial charge is 0.248 e. The number of hydrogen-bond acceptors (Lipinski definition) is 6. The number of rotatable bonds is 18. The van der Waals surface area contributed by atoms with E-state index in [4.69, 9.17) is 9.47 Å². The number of nitrogens with zero attached hydrogens (tertiary/aromatic N) is 3. The first-order chi connectivity index (χ1) is 23.7. The molecule has 3 aliphatic rings. The van der Waals surface area contributed by atoms with Gasteiger partial charge in [0.05, 0.1) is 36.7 Å². The van der Waals surface area contributed by atoms with Crippen molar-refractivity contribution in [3.63, 3.8) is 0 Å². The van der Waals surface area contributed by atoms with Crippen LogP contribution in [-0.2, 0) is 25.5 Å². The molecule has 2 aromatic carbocycles. The number of amides is 3. The normalized spacial score (nSPS) is 25.9. The van der Waals surface area contributed by atoms with Gasteiger partial charge in [0.1, 0.15) is 17.4 Å². The Labute approximate surface area is 291 Å². The Kier molecular flexibility index (Phi) is 11.7. The van der Waals surface area contributed by atoms with Crippen molar-refractivity contribution in [1.82, 2.24) is 9.80 Å². The van der Waals surface area contributed by atoms with Gasteiger partial charge in [0.25, 0.3) is 0 Å². The molecule has 0 aliphatic carbocycles. The SMILES string of the molecule is C=CCN(CCCCC)C(=O)C1N([C@@H](CO)Cc2ccccc2)C(=O)[C@@H]2[C@@H](C(=O)N(CC=C)c3ccc(OCC)cc3)[C@@]3(CC)CCC12O3. The van der Waals surface area contributed by atoms with Crippen LogP contribution in [0.5, 0.6) is 5.75 Å². The first-order valence-electron chi connectivity index (χ1n) is 18.0. The molecule has 1 N–H and O–H groups in total. The fraction of sp³-hybridized carbons (Fsp3) is 0.525. The molecule has 264 valence electrons. The number of aliphatic hydroxyl groups excluding tert-OH is 1. The maximum Gasteiger partial charge on any atom is 0.248 e. The summed E-state index contributed by atoms with van der Waals surface area (Å²) in [7, 11) is 0. The fourth-order valence-electron chi connectivity index (χ4n) is 8.52. The number of carbonyl (C=O) groups excluding carboxylic acids is 3. The first kappa shape index (κ1) is 36.3. The van der Waals surface area contributed by atoms with Crippen LogP contribution in [-0.4, -0.2) is 88.8 Å². The highest BCUT2D eigenvalue weighted by atomic mass is 16.5. The molecule has 3 amide bonds. The second kappa shape index (κ2) is 15.7. The minimum absolute atomic E-state index is 0.215. The third kappa shape index (κ3) is 6.67. The lowest BCUT2D eigenvalue weighted by molar-refractivity contribution is -0.155. The lowest BCUT2D eigenvalue weighted by atomic mass is 9.64. The largest absolute Gasteiger partial charge is 0.494 e. The summed E-state index contributed by atoms with van der Waals surface area (Å²) in [4.78, 5) is 49.9. The van der Waals surface area contributed by atoms with E-state index in [9.17, 15) is 14.7 Å². The van der Waals surface area contributed by atoms with E-state index in [1.807, 2.05) is 68.4 Å². The molecule has 9 nitrogen and oxygen atoms in total. The Morgan fingerprint density at radius 1 is 1.02 bits per heavy atom. The number of likely N-dealkylation sites (tertiary alicyclic amines) is 1. The van der Waals surface area contributed by atoms with Gasteiger partial charge >= 0.3 is 0 Å². The van der Waals surface area contributed by atoms with Crippen LogP contribution >= 0.6 is 0 Å². The molecule has 3 fully saturated rings. The molecular formula is C40H53N3O6. The first-order valence-corrected chi connectivity index (χ1v) is 18.0. The molecule has 3 heterocycles. The molecule has 1 spiro atoms. The third-order valence-corrected chi connectivity index (χ3v) is 10.8. The summed E-state index contributed by atoms with van der Waals surface area (Å²) in [5.41, 5.74) is -0.516. The average molecular weight is 672 g/mol. The molecule has 5 rings (SSSR count). The highest BCUT2D eigenvalue weighted by Crippen LogP contribution is 2.65. The predicted octanol–water partition coefficient (Wildman–Crippen LogP) is 5.57. The number of carbonyl (C=O) groups is 3. The molecule has 3 aliphatic heterocycles. The van der Waals surface area contributed by atoms with Gasteiger partial charge in [-0.25, -0.2) is 0 Å². The molecule has 0 saturated carbocycles. The van der Waals surface area contributed by atoms with E-state index < -0.39 is 35.1 Å². The van der Waals surface area contributed by atoms with Crippen molar-refractivity contribution in [3.8, 4) is 5.75 Å². The van der Waals surface area contributed by atoms with Crippen molar-refractivity contribution in [2.24, 2.45) is 11.8 Å². The Morgan fingerprint density at radius 3 is 2.35 bits per heavy atom. The zero-order chi connectivity index (χ0) is 35.2. The number of benzene rings is 2. The average Bonchev–Trinajstić information content (AvgIpc) is 3.73. The number of anilines is 1. The van der Waals surface area contributed by atoms with Gasteiger partial charge in [0.2, 0.25) is 17.7 Å². The fourth-order valence-corrected chi connectivity index (χ4v) is 8.52. The van der Waals surface area contributed by atoms with Crippen LogP contribution in [0.15, 0.2) is 79.9 Å². The minimum atomic E-state index is -1.21. The molecule has 49 heavy (non-hydrogen) atoms. The second-order valence-corrected chi connectivity index (χ2v) is 13.5. The molecule has 9 heteroatoms. The zero-order valence-electron chi connectivity index (χ0n) is 29.4. The maximum atomic E-state index is 15.1. The van der Waals surface area contributed by atoms with Crippen LogP contribution in [0.2, 0.25) is 0 Å². The summed E-state index contributed by atoms with van der Waals surface area (Å²) < 4.78 is 12.7. The summed E-state index contributed by atoms with van der Waals surface area (Å²) in [6, 6.07) is 15.3. The quantitative estimate of drug-likeness (QED) is 0.165. The maximum absolute atomic E-state index is 15.1. The predicted molar refractivity (Wildman–Crippen MR) is 191 cm³/mol. The summed E-state index contributed by atoms with van der Waals surface area (Å²) >= 11 is 0. The van der Waals surface area contributed by atoms with E-state index >= 15 is 4.79 Å². The van der Waals surface area contributed by atoms with Gasteiger partial charge in [0, 0.05) is 25.3 Å². The van der Waals surface area contributed by atoms with Gasteiger partial charge in [-0.1, -0.05) is 69.2 Å². The van der Waals surface area contributed by atoms with Crippen LogP contribution < -0.4 is 9.64 Å². The molecule has 2 bridgehead atoms. The number of hydrogen-bond donors (Lipinski definition) is 1. The summed E-state index contributed by atoms with van der Waals surface area (Å²) in [5, 5.41) is 10.9. The number of aliphatic hydroxyl groups is 1. The van der Waals surface area contributed by atoms with Gasteiger partial charge in [-0.15, -0.1) is 13.2 Å². The van der Waals surface area contributed by atoms with Crippen molar-refractivity contribution in [3.05, 3.63) is 85.5 Å². The number of unbranched alkanes of at least 4 members (excludes halogenated alkanes) is 2. The molecular weight excluding hydrogens is 618 g/mol. The van der Waals surface area contributed by atoms with E-state index in [0.717, 1.165) is 24.8 Å². The molecule has 3 saturated heterocycles. The highest BCUT2D eigenvalue weighted by Gasteiger charge is 2.79. The second-order valence-electron chi connectivity index (χ2n) is 13.5. The van der Waals surface area contributed by atoms with Gasteiger partial charge in [-0.2, -0.15) is 0 Å². The van der Waals surface area contributed by atoms with Crippen LogP contribution in [0.25, 0.3) is 0 Å². The number of ether oxygens (including phenoxy) is 2. The van der Waals surface area contributed by atoms with Crippen molar-refractivity contribution in [1.29, 1.82) is 0 Å². The Balaban J connectivity index is 1.60. The van der Waals surface area contributed by atoms with E-state index in [1.165, 1.54) is 0 Å². The molecule has 2 aromatic rings. The van der Waals surface area contributed by atoms with Crippen LogP contribution in [0.4, 0.5) is 5.69 Å². The van der Waals surface area contributed by atoms with Gasteiger partial charge in [0.15, 0.2) is 0 Å². The lowest BCUT2D eigenvalue weighted by Gasteiger charge is -2.39. The van der Waals surface area contributed by atoms with E-state index in [0.29, 0.717) is 56.8 Å². The zero-order valence-corrected chi connectivity index (χ0v) is 29.4. The van der Waals surface area contributed by atoms with Gasteiger partial charge < -0.3 is 29.3 Å². The number of fused-ring (bicyclic) bond motifs is 1. The van der Waals surface area contributed by atoms with Gasteiger partial charge in [-0.05, 0) is 68.9 Å². The Bertz CT molecular complexity index is 1480. The van der Waals surface area contributed by atoms with Crippen molar-refractivity contribution < 1.29 is 29.0 Å². The molecule has 6 atom stereocenters. The van der Waals surface area contributed by atoms with E-state index in [-0.39, 0.29) is 30.9 Å². The summed E-state index contributed by atoms with van der Waals surface area (Å²) in [6.07, 6.45) is 8.07. The standard InChI is InChI=1S/C40H53N3O6/c1-6-11-15-26-41(24-7-2)38(47)35-40-23-22-39(9-4,49-40)33(36(45)42(25-8-3)30-18-20-32(21-19-30)48-10-5)34(40)37(46)43(35)31(28-44)27-29-16-13-12-14-17-29/h7-8,12-14,16-21,31,33-35,44H,2-3,6,9-11,15,22-28H2,1,4-5H3/t31-,33+,34+,35?,39-,40?/m1/s1. The highest BCUT2D eigenvalue weighted by molar-refractivity contribution is 6.03. The topological polar surface area (TPSA) is 99.6 Å². The van der Waals surface area contributed by atoms with E-state index in [2.05, 4.69) is 20.1 Å². The van der Waals surface area contributed by atoms with Crippen molar-refractivity contribution >= 4 is 23.4 Å². The Morgan fingerprint density at radius 2 is 1.73 bits per heavy atom. The van der Waals surface area contributed by atoms with Crippen LogP contribution in [0, 0.1) is 11.8 Å². The molecule has 0 radical (unpaired) electrons. The lowest BCUT2D eigenvalue weighted by Crippen LogP contribution is -2.59. The van der Waals surface area contributed by atoms with Gasteiger partial charge in [-0.3, -0.25) is 14.4 Å². The minimum Gasteiger partial charge on any atom is -0.494 e. The monoisotopic (exact) mass is 671 g/mol. The molecule has 2 unspecified atom stereocenters. The summed E-state index contributed by atoms with van der Waals surface area (Å²) in [6.45, 7) is 15.1. The van der Waals surface area contributed by atoms with E-state index in [1.54, 1.807) is 26.9 Å². The van der Waals surface area contributed by atoms with Crippen LogP contribution in [0.1, 0.15) is 64.9 Å². The molecule has 0 aromatic heterocycles. The Hall–Kier alpha value is -3.95. The van der Waals surface area contributed by atoms with Crippen LogP contribution in [0.3, 0.4) is 0 Å². The van der Waals surface area contributed by atoms with Crippen molar-refractivity contribution in [2.75, 3.05) is 37.7 Å². The summed E-state index contributed by atoms with van der Waals surface area (Å²) in [5.74, 6) is -1.76.